The Hall–Kier alpha value is -3.24. The Balaban J connectivity index is 2.46. The first-order valence-corrected chi connectivity index (χ1v) is 14.9. The minimum atomic E-state index is -1.95. The first-order valence-electron chi connectivity index (χ1n) is 12.0. The predicted octanol–water partition coefficient (Wildman–Crippen LogP) is 5.61. The maximum atomic E-state index is 12.6. The second-order valence-corrected chi connectivity index (χ2v) is 15.1. The molecule has 0 aliphatic heterocycles. The summed E-state index contributed by atoms with van der Waals surface area (Å²) >= 11 is 0. The van der Waals surface area contributed by atoms with Gasteiger partial charge in [0.25, 0.3) is 0 Å². The highest BCUT2D eigenvalue weighted by molar-refractivity contribution is 6.74. The molecule has 0 aliphatic carbocycles. The number of carboxylic acid groups (broad SMARTS) is 1. The van der Waals surface area contributed by atoms with Crippen molar-refractivity contribution in [2.45, 2.75) is 64.8 Å². The summed E-state index contributed by atoms with van der Waals surface area (Å²) in [5.74, 6) is -0.581. The van der Waals surface area contributed by atoms with Crippen molar-refractivity contribution >= 4 is 26.0 Å². The van der Waals surface area contributed by atoms with Crippen molar-refractivity contribution in [3.05, 3.63) is 55.5 Å². The number of hydrogen-bond acceptors (Lipinski definition) is 5. The highest BCUT2D eigenvalue weighted by atomic mass is 28.4. The lowest BCUT2D eigenvalue weighted by Crippen LogP contribution is -2.41. The number of nitrogens with zero attached hydrogens (tertiary/aromatic N) is 3. The predicted molar refractivity (Wildman–Crippen MR) is 145 cm³/mol. The van der Waals surface area contributed by atoms with Crippen molar-refractivity contribution < 1.29 is 19.1 Å². The first kappa shape index (κ1) is 29.0. The van der Waals surface area contributed by atoms with Gasteiger partial charge < -0.3 is 20.2 Å². The van der Waals surface area contributed by atoms with Crippen molar-refractivity contribution in [3.8, 4) is 11.3 Å². The summed E-state index contributed by atoms with van der Waals surface area (Å²) in [7, 11) is -1.95. The maximum Gasteiger partial charge on any atom is 0.405 e. The van der Waals surface area contributed by atoms with Gasteiger partial charge in [-0.15, -0.1) is 13.2 Å². The number of amides is 2. The Morgan fingerprint density at radius 2 is 2.00 bits per heavy atom. The van der Waals surface area contributed by atoms with Gasteiger partial charge in [-0.05, 0) is 36.7 Å². The van der Waals surface area contributed by atoms with Gasteiger partial charge in [-0.3, -0.25) is 14.5 Å². The van der Waals surface area contributed by atoms with E-state index in [-0.39, 0.29) is 16.9 Å². The largest absolute Gasteiger partial charge is 0.465 e. The van der Waals surface area contributed by atoms with Crippen molar-refractivity contribution in [1.82, 2.24) is 20.1 Å². The van der Waals surface area contributed by atoms with Crippen molar-refractivity contribution in [1.29, 1.82) is 0 Å². The lowest BCUT2D eigenvalue weighted by molar-refractivity contribution is -0.118. The third-order valence-electron chi connectivity index (χ3n) is 6.55. The van der Waals surface area contributed by atoms with Gasteiger partial charge in [0.05, 0.1) is 48.4 Å². The van der Waals surface area contributed by atoms with Gasteiger partial charge in [-0.2, -0.15) is 5.10 Å². The van der Waals surface area contributed by atoms with E-state index in [0.29, 0.717) is 36.6 Å². The Morgan fingerprint density at radius 3 is 2.58 bits per heavy atom. The molecule has 196 valence electrons. The van der Waals surface area contributed by atoms with Crippen LogP contribution in [0.3, 0.4) is 0 Å². The number of hydrogen-bond donors (Lipinski definition) is 3. The van der Waals surface area contributed by atoms with E-state index in [1.54, 1.807) is 42.2 Å². The van der Waals surface area contributed by atoms with Crippen LogP contribution in [0.1, 0.15) is 45.9 Å². The van der Waals surface area contributed by atoms with Gasteiger partial charge in [0.15, 0.2) is 8.32 Å². The van der Waals surface area contributed by atoms with E-state index in [4.69, 9.17) is 4.43 Å². The van der Waals surface area contributed by atoms with Crippen LogP contribution in [0.2, 0.25) is 18.1 Å². The molecule has 0 spiro atoms. The lowest BCUT2D eigenvalue weighted by Gasteiger charge is -2.36. The van der Waals surface area contributed by atoms with Crippen LogP contribution in [0.4, 0.5) is 10.5 Å². The number of pyridine rings is 1. The second-order valence-electron chi connectivity index (χ2n) is 10.2. The molecule has 9 nitrogen and oxygen atoms in total. The minimum absolute atomic E-state index is 0.0806. The molecule has 2 atom stereocenters. The number of carbonyl (C=O) groups excluding carboxylic acids is 1. The maximum absolute atomic E-state index is 12.6. The smallest absolute Gasteiger partial charge is 0.405 e. The molecule has 2 aromatic heterocycles. The topological polar surface area (TPSA) is 118 Å². The lowest BCUT2D eigenvalue weighted by atomic mass is 10.0. The average molecular weight is 514 g/mol. The van der Waals surface area contributed by atoms with Crippen LogP contribution in [0, 0.1) is 5.92 Å². The van der Waals surface area contributed by atoms with Crippen LogP contribution < -0.4 is 10.6 Å². The molecule has 0 saturated heterocycles. The second kappa shape index (κ2) is 12.1. The number of carbonyl (C=O) groups is 2. The third kappa shape index (κ3) is 7.38. The summed E-state index contributed by atoms with van der Waals surface area (Å²) < 4.78 is 8.15. The van der Waals surface area contributed by atoms with Gasteiger partial charge in [0, 0.05) is 11.8 Å². The number of aromatic nitrogens is 3. The summed E-state index contributed by atoms with van der Waals surface area (Å²) in [6, 6.07) is 3.06. The fraction of sp³-hybridized carbons (Fsp3) is 0.462. The van der Waals surface area contributed by atoms with Crippen LogP contribution in [0.15, 0.2) is 49.8 Å². The van der Waals surface area contributed by atoms with Crippen molar-refractivity contribution in [2.24, 2.45) is 5.92 Å². The summed E-state index contributed by atoms with van der Waals surface area (Å²) in [4.78, 5) is 28.3. The van der Waals surface area contributed by atoms with E-state index < -0.39 is 20.5 Å². The van der Waals surface area contributed by atoms with Crippen LogP contribution >= 0.6 is 0 Å². The molecular weight excluding hydrogens is 474 g/mol. The molecule has 2 heterocycles. The fourth-order valence-electron chi connectivity index (χ4n) is 3.26. The Morgan fingerprint density at radius 1 is 1.31 bits per heavy atom. The SMILES string of the molecule is C=CC[C@H](NC(=O)O)c1cc(-c2c(NC(=O)[C@H](C)C=C)cnn2CCO[Si](C)(C)C(C)(C)C)ccn1. The van der Waals surface area contributed by atoms with Gasteiger partial charge in [0.1, 0.15) is 0 Å². The molecular formula is C26H39N5O4Si. The van der Waals surface area contributed by atoms with Crippen molar-refractivity contribution in [2.75, 3.05) is 11.9 Å². The highest BCUT2D eigenvalue weighted by Gasteiger charge is 2.37. The molecule has 0 bridgehead atoms. The third-order valence-corrected chi connectivity index (χ3v) is 11.1. The number of nitrogens with one attached hydrogen (secondary N) is 2. The molecule has 0 fully saturated rings. The summed E-state index contributed by atoms with van der Waals surface area (Å²) in [5.41, 5.74) is 2.52. The quantitative estimate of drug-likeness (QED) is 0.251. The number of rotatable bonds is 12. The standard InChI is InChI=1S/C26H39N5O4Si/c1-9-11-20(30-25(33)34)21-16-19(12-13-27-21)23-22(29-24(32)18(3)10-2)17-28-31(23)14-15-35-36(7,8)26(4,5)6/h9-10,12-13,16-18,20,30H,1-2,11,14-15H2,3-8H3,(H,29,32)(H,33,34)/t18-,20+/m1/s1. The molecule has 2 rings (SSSR count). The molecule has 3 N–H and O–H groups in total. The zero-order valence-electron chi connectivity index (χ0n) is 22.2. The fourth-order valence-corrected chi connectivity index (χ4v) is 4.30. The zero-order valence-corrected chi connectivity index (χ0v) is 23.2. The molecule has 0 unspecified atom stereocenters. The Bertz CT molecular complexity index is 1090. The van der Waals surface area contributed by atoms with E-state index >= 15 is 0 Å². The molecule has 0 aliphatic rings. The van der Waals surface area contributed by atoms with E-state index in [1.807, 2.05) is 6.07 Å². The Labute approximate surface area is 214 Å². The summed E-state index contributed by atoms with van der Waals surface area (Å²) in [6.45, 7) is 21.1. The van der Waals surface area contributed by atoms with Gasteiger partial charge in [-0.1, -0.05) is 39.8 Å². The van der Waals surface area contributed by atoms with Gasteiger partial charge in [0.2, 0.25) is 5.91 Å². The zero-order chi connectivity index (χ0) is 27.1. The summed E-state index contributed by atoms with van der Waals surface area (Å²) in [5, 5.41) is 19.3. The molecule has 2 amide bonds. The van der Waals surface area contributed by atoms with E-state index in [0.717, 1.165) is 5.56 Å². The summed E-state index contributed by atoms with van der Waals surface area (Å²) in [6.07, 6.45) is 5.68. The normalized spacial score (nSPS) is 13.5. The molecule has 0 radical (unpaired) electrons. The minimum Gasteiger partial charge on any atom is -0.465 e. The molecule has 10 heteroatoms. The van der Waals surface area contributed by atoms with E-state index in [2.05, 4.69) is 67.7 Å². The molecule has 0 aromatic carbocycles. The highest BCUT2D eigenvalue weighted by Crippen LogP contribution is 2.37. The Kier molecular flexibility index (Phi) is 9.77. The van der Waals surface area contributed by atoms with Crippen molar-refractivity contribution in [3.63, 3.8) is 0 Å². The van der Waals surface area contributed by atoms with Crippen LogP contribution in [0.5, 0.6) is 0 Å². The number of anilines is 1. The van der Waals surface area contributed by atoms with Gasteiger partial charge >= 0.3 is 6.09 Å². The van der Waals surface area contributed by atoms with Crippen LogP contribution in [-0.4, -0.2) is 46.8 Å². The molecule has 2 aromatic rings. The molecule has 36 heavy (non-hydrogen) atoms. The van der Waals surface area contributed by atoms with Gasteiger partial charge in [-0.25, -0.2) is 4.79 Å². The molecule has 0 saturated carbocycles. The van der Waals surface area contributed by atoms with Crippen LogP contribution in [-0.2, 0) is 15.8 Å². The van der Waals surface area contributed by atoms with Crippen LogP contribution in [0.25, 0.3) is 11.3 Å². The first-order chi connectivity index (χ1) is 16.8. The average Bonchev–Trinajstić information content (AvgIpc) is 3.19. The van der Waals surface area contributed by atoms with E-state index in [1.165, 1.54) is 0 Å². The van der Waals surface area contributed by atoms with E-state index in [9.17, 15) is 14.7 Å². The monoisotopic (exact) mass is 513 g/mol.